The Morgan fingerprint density at radius 2 is 1.53 bits per heavy atom. The lowest BCUT2D eigenvalue weighted by atomic mass is 9.91. The number of anilines is 1. The van der Waals surface area contributed by atoms with E-state index in [9.17, 15) is 14.0 Å². The number of nitriles is 1. The second kappa shape index (κ2) is 7.75. The minimum atomic E-state index is -0.433. The maximum atomic E-state index is 13.5. The standard InChI is InChI=1S/C24H22FN3O2/c1-15-11-16(2)14-27(13-15)22-21(18-5-7-19(25)8-6-18)23(29)28(24(22)30)20-9-3-17(12-26)4-10-20/h3-10,15-16H,11,13-14H2,1-2H3. The molecule has 2 aromatic rings. The summed E-state index contributed by atoms with van der Waals surface area (Å²) in [6.45, 7) is 5.65. The monoisotopic (exact) mass is 403 g/mol. The fourth-order valence-corrected chi connectivity index (χ4v) is 4.45. The molecule has 2 heterocycles. The van der Waals surface area contributed by atoms with Crippen LogP contribution in [0.25, 0.3) is 5.57 Å². The minimum Gasteiger partial charge on any atom is -0.366 e. The first kappa shape index (κ1) is 19.8. The molecule has 152 valence electrons. The average Bonchev–Trinajstić information content (AvgIpc) is 2.98. The van der Waals surface area contributed by atoms with Crippen molar-refractivity contribution in [3.8, 4) is 6.07 Å². The van der Waals surface area contributed by atoms with Crippen LogP contribution in [0.1, 0.15) is 31.4 Å². The van der Waals surface area contributed by atoms with E-state index in [2.05, 4.69) is 13.8 Å². The van der Waals surface area contributed by atoms with E-state index in [1.165, 1.54) is 24.3 Å². The van der Waals surface area contributed by atoms with Crippen molar-refractivity contribution in [2.75, 3.05) is 18.0 Å². The van der Waals surface area contributed by atoms with Crippen molar-refractivity contribution in [2.45, 2.75) is 20.3 Å². The molecule has 2 aliphatic heterocycles. The van der Waals surface area contributed by atoms with Crippen LogP contribution in [0, 0.1) is 29.0 Å². The van der Waals surface area contributed by atoms with E-state index >= 15 is 0 Å². The molecule has 0 radical (unpaired) electrons. The molecule has 4 rings (SSSR count). The third-order valence-electron chi connectivity index (χ3n) is 5.63. The zero-order valence-corrected chi connectivity index (χ0v) is 16.9. The Balaban J connectivity index is 1.81. The highest BCUT2D eigenvalue weighted by molar-refractivity contribution is 6.45. The van der Waals surface area contributed by atoms with Gasteiger partial charge >= 0.3 is 0 Å². The molecule has 0 N–H and O–H groups in total. The Labute approximate surface area is 175 Å². The molecule has 2 aromatic carbocycles. The maximum Gasteiger partial charge on any atom is 0.282 e. The molecule has 2 unspecified atom stereocenters. The molecule has 0 bridgehead atoms. The van der Waals surface area contributed by atoms with Gasteiger partial charge in [-0.05, 0) is 60.2 Å². The van der Waals surface area contributed by atoms with E-state index in [1.807, 2.05) is 11.0 Å². The topological polar surface area (TPSA) is 64.4 Å². The quantitative estimate of drug-likeness (QED) is 0.728. The lowest BCUT2D eigenvalue weighted by Gasteiger charge is -2.37. The third-order valence-corrected chi connectivity index (χ3v) is 5.63. The number of likely N-dealkylation sites (tertiary alicyclic amines) is 1. The summed E-state index contributed by atoms with van der Waals surface area (Å²) in [6.07, 6.45) is 1.07. The Morgan fingerprint density at radius 3 is 2.10 bits per heavy atom. The van der Waals surface area contributed by atoms with Crippen LogP contribution in [0.5, 0.6) is 0 Å². The molecular formula is C24H22FN3O2. The van der Waals surface area contributed by atoms with Crippen LogP contribution in [0.4, 0.5) is 10.1 Å². The highest BCUT2D eigenvalue weighted by Crippen LogP contribution is 2.37. The lowest BCUT2D eigenvalue weighted by molar-refractivity contribution is -0.120. The summed E-state index contributed by atoms with van der Waals surface area (Å²) in [7, 11) is 0. The van der Waals surface area contributed by atoms with Gasteiger partial charge in [0.2, 0.25) is 0 Å². The molecule has 0 aliphatic carbocycles. The van der Waals surface area contributed by atoms with Gasteiger partial charge in [0.25, 0.3) is 11.8 Å². The van der Waals surface area contributed by atoms with Gasteiger partial charge in [0.15, 0.2) is 0 Å². The van der Waals surface area contributed by atoms with Gasteiger partial charge in [-0.15, -0.1) is 0 Å². The van der Waals surface area contributed by atoms with Crippen LogP contribution in [-0.4, -0.2) is 29.8 Å². The molecule has 1 saturated heterocycles. The number of halogens is 1. The Kier molecular flexibility index (Phi) is 5.13. The summed E-state index contributed by atoms with van der Waals surface area (Å²) in [4.78, 5) is 30.1. The van der Waals surface area contributed by atoms with E-state index in [1.54, 1.807) is 24.3 Å². The van der Waals surface area contributed by atoms with Crippen LogP contribution >= 0.6 is 0 Å². The molecule has 2 amide bonds. The van der Waals surface area contributed by atoms with E-state index in [0.29, 0.717) is 53.0 Å². The van der Waals surface area contributed by atoms with Gasteiger partial charge in [-0.25, -0.2) is 9.29 Å². The highest BCUT2D eigenvalue weighted by Gasteiger charge is 2.43. The Bertz CT molecular complexity index is 1060. The SMILES string of the molecule is CC1CC(C)CN(C2=C(c3ccc(F)cc3)C(=O)N(c3ccc(C#N)cc3)C2=O)C1. The maximum absolute atomic E-state index is 13.5. The number of benzene rings is 2. The molecule has 0 aromatic heterocycles. The van der Waals surface area contributed by atoms with Crippen molar-refractivity contribution in [3.05, 3.63) is 71.2 Å². The van der Waals surface area contributed by atoms with Crippen molar-refractivity contribution < 1.29 is 14.0 Å². The number of nitrogens with zero attached hydrogens (tertiary/aromatic N) is 3. The molecule has 30 heavy (non-hydrogen) atoms. The number of imide groups is 1. The number of hydrogen-bond acceptors (Lipinski definition) is 4. The van der Waals surface area contributed by atoms with Gasteiger partial charge in [-0.3, -0.25) is 9.59 Å². The smallest absolute Gasteiger partial charge is 0.282 e. The summed E-state index contributed by atoms with van der Waals surface area (Å²) >= 11 is 0. The highest BCUT2D eigenvalue weighted by atomic mass is 19.1. The number of hydrogen-bond donors (Lipinski definition) is 0. The van der Waals surface area contributed by atoms with Crippen molar-refractivity contribution in [2.24, 2.45) is 11.8 Å². The second-order valence-electron chi connectivity index (χ2n) is 8.19. The first-order chi connectivity index (χ1) is 14.4. The van der Waals surface area contributed by atoms with Crippen LogP contribution in [0.15, 0.2) is 54.2 Å². The van der Waals surface area contributed by atoms with Crippen LogP contribution in [0.3, 0.4) is 0 Å². The molecule has 2 atom stereocenters. The van der Waals surface area contributed by atoms with E-state index < -0.39 is 11.7 Å². The van der Waals surface area contributed by atoms with Crippen molar-refractivity contribution in [1.82, 2.24) is 4.90 Å². The van der Waals surface area contributed by atoms with Crippen molar-refractivity contribution >= 4 is 23.1 Å². The lowest BCUT2D eigenvalue weighted by Crippen LogP contribution is -2.42. The molecule has 5 nitrogen and oxygen atoms in total. The molecule has 2 aliphatic rings. The van der Waals surface area contributed by atoms with E-state index in [0.717, 1.165) is 11.3 Å². The Hall–Kier alpha value is -3.46. The number of carbonyl (C=O) groups is 2. The second-order valence-corrected chi connectivity index (χ2v) is 8.19. The molecular weight excluding hydrogens is 381 g/mol. The number of rotatable bonds is 3. The van der Waals surface area contributed by atoms with Crippen LogP contribution in [-0.2, 0) is 9.59 Å². The zero-order chi connectivity index (χ0) is 21.4. The van der Waals surface area contributed by atoms with Gasteiger partial charge in [-0.2, -0.15) is 5.26 Å². The summed E-state index contributed by atoms with van der Waals surface area (Å²) in [5.41, 5.74) is 2.05. The van der Waals surface area contributed by atoms with Crippen LogP contribution < -0.4 is 4.90 Å². The average molecular weight is 403 g/mol. The van der Waals surface area contributed by atoms with Crippen LogP contribution in [0.2, 0.25) is 0 Å². The fourth-order valence-electron chi connectivity index (χ4n) is 4.45. The fraction of sp³-hybridized carbons (Fsp3) is 0.292. The van der Waals surface area contributed by atoms with Gasteiger partial charge in [0.1, 0.15) is 11.5 Å². The molecule has 1 fully saturated rings. The summed E-state index contributed by atoms with van der Waals surface area (Å²) < 4.78 is 13.5. The van der Waals surface area contributed by atoms with E-state index in [4.69, 9.17) is 5.26 Å². The molecule has 6 heteroatoms. The molecule has 0 saturated carbocycles. The summed E-state index contributed by atoms with van der Waals surface area (Å²) in [5.74, 6) is -0.436. The minimum absolute atomic E-state index is 0.297. The van der Waals surface area contributed by atoms with Gasteiger partial charge in [-0.1, -0.05) is 26.0 Å². The predicted molar refractivity (Wildman–Crippen MR) is 111 cm³/mol. The third kappa shape index (κ3) is 3.48. The number of amides is 2. The summed E-state index contributed by atoms with van der Waals surface area (Å²) in [6, 6.07) is 14.1. The van der Waals surface area contributed by atoms with Gasteiger partial charge in [0.05, 0.1) is 22.9 Å². The number of piperidine rings is 1. The summed E-state index contributed by atoms with van der Waals surface area (Å²) in [5, 5.41) is 9.03. The zero-order valence-electron chi connectivity index (χ0n) is 16.9. The molecule has 0 spiro atoms. The normalized spacial score (nSPS) is 21.9. The van der Waals surface area contributed by atoms with Gasteiger partial charge in [0, 0.05) is 13.1 Å². The first-order valence-electron chi connectivity index (χ1n) is 10.0. The first-order valence-corrected chi connectivity index (χ1v) is 10.0. The Morgan fingerprint density at radius 1 is 0.933 bits per heavy atom. The largest absolute Gasteiger partial charge is 0.366 e. The van der Waals surface area contributed by atoms with Crippen molar-refractivity contribution in [3.63, 3.8) is 0 Å². The van der Waals surface area contributed by atoms with Crippen molar-refractivity contribution in [1.29, 1.82) is 5.26 Å². The number of carbonyl (C=O) groups excluding carboxylic acids is 2. The van der Waals surface area contributed by atoms with Gasteiger partial charge < -0.3 is 4.90 Å². The van der Waals surface area contributed by atoms with E-state index in [-0.39, 0.29) is 5.91 Å². The predicted octanol–water partition coefficient (Wildman–Crippen LogP) is 3.96.